The maximum absolute atomic E-state index is 12.6. The predicted molar refractivity (Wildman–Crippen MR) is 130 cm³/mol. The van der Waals surface area contributed by atoms with Crippen LogP contribution in [-0.2, 0) is 20.5 Å². The van der Waals surface area contributed by atoms with Crippen molar-refractivity contribution in [2.75, 3.05) is 72.1 Å². The molecule has 3 heterocycles. The molecule has 1 aromatic heterocycles. The highest BCUT2D eigenvalue weighted by Crippen LogP contribution is 2.13. The highest BCUT2D eigenvalue weighted by molar-refractivity contribution is 14.0. The summed E-state index contributed by atoms with van der Waals surface area (Å²) in [4.78, 5) is 9.41. The minimum absolute atomic E-state index is 0. The molecular formula is C19H35IN6O4S. The number of ether oxygens (including phenoxy) is 1. The Labute approximate surface area is 202 Å². The Morgan fingerprint density at radius 2 is 1.94 bits per heavy atom. The van der Waals surface area contributed by atoms with Gasteiger partial charge in [-0.25, -0.2) is 8.42 Å². The molecule has 0 aliphatic carbocycles. The lowest BCUT2D eigenvalue weighted by atomic mass is 10.1. The van der Waals surface area contributed by atoms with Gasteiger partial charge < -0.3 is 19.5 Å². The number of piperazine rings is 1. The standard InChI is InChI=1S/C19H34N6O4S.HI/c1-3-20-19(21-14-17(2)15-23-9-12-28-13-10-23)24-5-7-25(8-6-24)30(26,27)16-18-4-11-29-22-18;/h4,11,17H,3,5-10,12-16H2,1-2H3,(H,20,21);1H. The highest BCUT2D eigenvalue weighted by Gasteiger charge is 2.29. The summed E-state index contributed by atoms with van der Waals surface area (Å²) in [6.45, 7) is 12.5. The molecule has 2 aliphatic rings. The quantitative estimate of drug-likeness (QED) is 0.277. The van der Waals surface area contributed by atoms with Crippen molar-refractivity contribution in [3.63, 3.8) is 0 Å². The van der Waals surface area contributed by atoms with Gasteiger partial charge in [0.15, 0.2) is 5.96 Å². The van der Waals surface area contributed by atoms with E-state index in [2.05, 4.69) is 27.2 Å². The van der Waals surface area contributed by atoms with Crippen molar-refractivity contribution in [1.29, 1.82) is 0 Å². The molecule has 0 spiro atoms. The van der Waals surface area contributed by atoms with Gasteiger partial charge >= 0.3 is 0 Å². The number of sulfonamides is 1. The summed E-state index contributed by atoms with van der Waals surface area (Å²) in [6, 6.07) is 1.59. The first-order chi connectivity index (χ1) is 14.5. The van der Waals surface area contributed by atoms with Crippen LogP contribution in [-0.4, -0.2) is 106 Å². The van der Waals surface area contributed by atoms with Crippen LogP contribution >= 0.6 is 24.0 Å². The number of aromatic nitrogens is 1. The summed E-state index contributed by atoms with van der Waals surface area (Å²) in [6.07, 6.45) is 1.39. The van der Waals surface area contributed by atoms with Gasteiger partial charge in [-0.05, 0) is 12.8 Å². The normalized spacial score (nSPS) is 20.3. The number of rotatable bonds is 8. The molecule has 0 bridgehead atoms. The average Bonchev–Trinajstić information content (AvgIpc) is 3.24. The van der Waals surface area contributed by atoms with E-state index in [1.807, 2.05) is 6.92 Å². The van der Waals surface area contributed by atoms with Gasteiger partial charge in [-0.2, -0.15) is 4.31 Å². The molecule has 10 nitrogen and oxygen atoms in total. The van der Waals surface area contributed by atoms with E-state index in [0.717, 1.165) is 51.9 Å². The zero-order valence-corrected chi connectivity index (χ0v) is 21.5. The van der Waals surface area contributed by atoms with Crippen LogP contribution in [0, 0.1) is 5.92 Å². The largest absolute Gasteiger partial charge is 0.379 e. The Kier molecular flexibility index (Phi) is 11.0. The number of guanidine groups is 1. The molecule has 1 N–H and O–H groups in total. The topological polar surface area (TPSA) is 104 Å². The van der Waals surface area contributed by atoms with Gasteiger partial charge in [0, 0.05) is 65.0 Å². The molecule has 1 unspecified atom stereocenters. The Hall–Kier alpha value is -0.960. The molecule has 0 saturated carbocycles. The van der Waals surface area contributed by atoms with E-state index in [9.17, 15) is 8.42 Å². The van der Waals surface area contributed by atoms with E-state index >= 15 is 0 Å². The summed E-state index contributed by atoms with van der Waals surface area (Å²) in [5.41, 5.74) is 0.432. The lowest BCUT2D eigenvalue weighted by Gasteiger charge is -2.36. The van der Waals surface area contributed by atoms with Gasteiger partial charge in [0.05, 0.1) is 18.9 Å². The van der Waals surface area contributed by atoms with Crippen molar-refractivity contribution in [2.45, 2.75) is 19.6 Å². The monoisotopic (exact) mass is 570 g/mol. The van der Waals surface area contributed by atoms with E-state index < -0.39 is 10.0 Å². The zero-order chi connectivity index (χ0) is 21.4. The highest BCUT2D eigenvalue weighted by atomic mass is 127. The van der Waals surface area contributed by atoms with Crippen LogP contribution in [0.3, 0.4) is 0 Å². The van der Waals surface area contributed by atoms with E-state index in [1.165, 1.54) is 10.6 Å². The summed E-state index contributed by atoms with van der Waals surface area (Å²) < 4.78 is 36.9. The van der Waals surface area contributed by atoms with E-state index in [4.69, 9.17) is 14.3 Å². The number of morpholine rings is 1. The maximum Gasteiger partial charge on any atom is 0.220 e. The van der Waals surface area contributed by atoms with Crippen molar-refractivity contribution in [3.05, 3.63) is 18.0 Å². The molecule has 0 radical (unpaired) electrons. The number of hydrogen-bond donors (Lipinski definition) is 1. The van der Waals surface area contributed by atoms with Crippen LogP contribution in [0.1, 0.15) is 19.5 Å². The SMILES string of the molecule is CCNC(=NCC(C)CN1CCOCC1)N1CCN(S(=O)(=O)Cc2ccon2)CC1.I. The Bertz CT molecular complexity index is 762. The Morgan fingerprint density at radius 3 is 2.55 bits per heavy atom. The molecule has 2 saturated heterocycles. The second kappa shape index (κ2) is 12.9. The van der Waals surface area contributed by atoms with Crippen LogP contribution < -0.4 is 5.32 Å². The zero-order valence-electron chi connectivity index (χ0n) is 18.4. The molecule has 0 aromatic carbocycles. The van der Waals surface area contributed by atoms with E-state index in [0.29, 0.717) is 37.8 Å². The van der Waals surface area contributed by atoms with Crippen LogP contribution in [0.15, 0.2) is 21.8 Å². The summed E-state index contributed by atoms with van der Waals surface area (Å²) >= 11 is 0. The molecule has 1 aromatic rings. The molecule has 3 rings (SSSR count). The Balaban J connectivity index is 0.00000341. The fourth-order valence-electron chi connectivity index (χ4n) is 3.72. The number of nitrogens with zero attached hydrogens (tertiary/aromatic N) is 5. The smallest absolute Gasteiger partial charge is 0.220 e. The predicted octanol–water partition coefficient (Wildman–Crippen LogP) is 0.674. The van der Waals surface area contributed by atoms with Gasteiger partial charge in [-0.1, -0.05) is 12.1 Å². The van der Waals surface area contributed by atoms with Crippen LogP contribution in [0.25, 0.3) is 0 Å². The van der Waals surface area contributed by atoms with Gasteiger partial charge in [0.1, 0.15) is 12.0 Å². The van der Waals surface area contributed by atoms with Crippen LogP contribution in [0.2, 0.25) is 0 Å². The van der Waals surface area contributed by atoms with E-state index in [1.54, 1.807) is 6.07 Å². The average molecular weight is 570 g/mol. The van der Waals surface area contributed by atoms with Crippen LogP contribution in [0.5, 0.6) is 0 Å². The summed E-state index contributed by atoms with van der Waals surface area (Å²) in [7, 11) is -3.40. The first-order valence-corrected chi connectivity index (χ1v) is 12.3. The lowest BCUT2D eigenvalue weighted by molar-refractivity contribution is 0.0323. The first-order valence-electron chi connectivity index (χ1n) is 10.7. The third-order valence-corrected chi connectivity index (χ3v) is 7.13. The number of halogens is 1. The van der Waals surface area contributed by atoms with Gasteiger partial charge in [-0.3, -0.25) is 9.89 Å². The molecule has 178 valence electrons. The number of nitrogens with one attached hydrogen (secondary N) is 1. The lowest BCUT2D eigenvalue weighted by Crippen LogP contribution is -2.54. The third-order valence-electron chi connectivity index (χ3n) is 5.31. The summed E-state index contributed by atoms with van der Waals surface area (Å²) in [5.74, 6) is 1.18. The number of hydrogen-bond acceptors (Lipinski definition) is 7. The fourth-order valence-corrected chi connectivity index (χ4v) is 5.14. The van der Waals surface area contributed by atoms with Crippen molar-refractivity contribution in [1.82, 2.24) is 24.6 Å². The molecular weight excluding hydrogens is 535 g/mol. The molecule has 1 atom stereocenters. The molecule has 2 fully saturated rings. The second-order valence-electron chi connectivity index (χ2n) is 7.85. The summed E-state index contributed by atoms with van der Waals surface area (Å²) in [5, 5.41) is 7.07. The fraction of sp³-hybridized carbons (Fsp3) is 0.789. The third kappa shape index (κ3) is 8.15. The second-order valence-corrected chi connectivity index (χ2v) is 9.81. The molecule has 2 aliphatic heterocycles. The minimum atomic E-state index is -3.40. The van der Waals surface area contributed by atoms with Crippen molar-refractivity contribution < 1.29 is 17.7 Å². The van der Waals surface area contributed by atoms with E-state index in [-0.39, 0.29) is 29.7 Å². The van der Waals surface area contributed by atoms with Gasteiger partial charge in [0.25, 0.3) is 0 Å². The van der Waals surface area contributed by atoms with Crippen molar-refractivity contribution in [2.24, 2.45) is 10.9 Å². The number of aliphatic imine (C=N–C) groups is 1. The van der Waals surface area contributed by atoms with Crippen molar-refractivity contribution >= 4 is 40.0 Å². The Morgan fingerprint density at radius 1 is 1.23 bits per heavy atom. The maximum atomic E-state index is 12.6. The van der Waals surface area contributed by atoms with Gasteiger partial charge in [0.2, 0.25) is 10.0 Å². The molecule has 12 heteroatoms. The van der Waals surface area contributed by atoms with Crippen LogP contribution in [0.4, 0.5) is 0 Å². The first kappa shape index (κ1) is 26.3. The minimum Gasteiger partial charge on any atom is -0.379 e. The van der Waals surface area contributed by atoms with Crippen molar-refractivity contribution in [3.8, 4) is 0 Å². The molecule has 31 heavy (non-hydrogen) atoms. The molecule has 0 amide bonds. The van der Waals surface area contributed by atoms with Gasteiger partial charge in [-0.15, -0.1) is 24.0 Å².